The van der Waals surface area contributed by atoms with Gasteiger partial charge in [0.25, 0.3) is 0 Å². The monoisotopic (exact) mass is 272 g/mol. The number of imide groups is 1. The Morgan fingerprint density at radius 2 is 1.68 bits per heavy atom. The molecule has 0 aliphatic carbocycles. The highest BCUT2D eigenvalue weighted by molar-refractivity contribution is 5.99. The molecule has 1 aromatic carbocycles. The van der Waals surface area contributed by atoms with E-state index in [4.69, 9.17) is 0 Å². The number of alkyl halides is 3. The number of carbonyl (C=O) groups excluding carboxylic acids is 2. The van der Waals surface area contributed by atoms with E-state index in [0.29, 0.717) is 0 Å². The summed E-state index contributed by atoms with van der Waals surface area (Å²) in [7, 11) is 0. The van der Waals surface area contributed by atoms with E-state index in [2.05, 4.69) is 5.32 Å². The van der Waals surface area contributed by atoms with Crippen LogP contribution in [0.1, 0.15) is 11.1 Å². The van der Waals surface area contributed by atoms with Crippen LogP contribution in [-0.2, 0) is 22.3 Å². The Balaban J connectivity index is 2.19. The van der Waals surface area contributed by atoms with Gasteiger partial charge < -0.3 is 0 Å². The maximum Gasteiger partial charge on any atom is 0.416 e. The fraction of sp³-hybridized carbons (Fsp3) is 0.333. The Labute approximate surface area is 107 Å². The zero-order valence-electron chi connectivity index (χ0n) is 9.83. The average Bonchev–Trinajstić information content (AvgIpc) is 2.26. The summed E-state index contributed by atoms with van der Waals surface area (Å²) in [6.07, 6.45) is -4.45. The van der Waals surface area contributed by atoms with E-state index in [1.807, 2.05) is 0 Å². The first-order valence-corrected chi connectivity index (χ1v) is 5.56. The number of hydrogen-bond donors (Lipinski definition) is 1. The summed E-state index contributed by atoms with van der Waals surface area (Å²) in [6.45, 7) is -0.259. The molecule has 4 nitrogen and oxygen atoms in total. The van der Waals surface area contributed by atoms with E-state index in [1.54, 1.807) is 0 Å². The molecule has 19 heavy (non-hydrogen) atoms. The molecule has 1 N–H and O–H groups in total. The molecule has 0 aromatic heterocycles. The zero-order valence-corrected chi connectivity index (χ0v) is 9.83. The summed E-state index contributed by atoms with van der Waals surface area (Å²) >= 11 is 0. The standard InChI is InChI=1S/C12H11F3N2O2/c13-12(14,15)9-4-2-1-3-8(9)5-17-6-10(18)16-11(19)7-17/h1-4H,5-7H2,(H,16,18,19). The van der Waals surface area contributed by atoms with Crippen LogP contribution in [0, 0.1) is 0 Å². The molecule has 1 heterocycles. The van der Waals surface area contributed by atoms with Crippen molar-refractivity contribution in [2.45, 2.75) is 12.7 Å². The molecular weight excluding hydrogens is 261 g/mol. The van der Waals surface area contributed by atoms with E-state index in [9.17, 15) is 22.8 Å². The summed E-state index contributed by atoms with van der Waals surface area (Å²) < 4.78 is 38.4. The fourth-order valence-corrected chi connectivity index (χ4v) is 1.98. The van der Waals surface area contributed by atoms with Crippen molar-refractivity contribution >= 4 is 11.8 Å². The highest BCUT2D eigenvalue weighted by Crippen LogP contribution is 2.32. The third-order valence-electron chi connectivity index (χ3n) is 2.73. The number of carbonyl (C=O) groups is 2. The number of halogens is 3. The largest absolute Gasteiger partial charge is 0.416 e. The zero-order chi connectivity index (χ0) is 14.0. The van der Waals surface area contributed by atoms with Crippen molar-refractivity contribution in [1.29, 1.82) is 0 Å². The number of piperazine rings is 1. The second-order valence-corrected chi connectivity index (χ2v) is 4.27. The lowest BCUT2D eigenvalue weighted by molar-refractivity contribution is -0.138. The second-order valence-electron chi connectivity index (χ2n) is 4.27. The van der Waals surface area contributed by atoms with Gasteiger partial charge in [0.15, 0.2) is 0 Å². The van der Waals surface area contributed by atoms with Crippen LogP contribution in [0.3, 0.4) is 0 Å². The summed E-state index contributed by atoms with van der Waals surface area (Å²) in [6, 6.07) is 5.14. The number of rotatable bonds is 2. The van der Waals surface area contributed by atoms with Crippen molar-refractivity contribution in [1.82, 2.24) is 10.2 Å². The second kappa shape index (κ2) is 5.00. The molecule has 1 saturated heterocycles. The minimum Gasteiger partial charge on any atom is -0.294 e. The lowest BCUT2D eigenvalue weighted by Gasteiger charge is -2.26. The van der Waals surface area contributed by atoms with Gasteiger partial charge in [-0.15, -0.1) is 0 Å². The van der Waals surface area contributed by atoms with Gasteiger partial charge in [-0.1, -0.05) is 18.2 Å². The molecule has 0 radical (unpaired) electrons. The van der Waals surface area contributed by atoms with E-state index < -0.39 is 23.6 Å². The van der Waals surface area contributed by atoms with Gasteiger partial charge in [-0.25, -0.2) is 0 Å². The summed E-state index contributed by atoms with van der Waals surface area (Å²) in [5.41, 5.74) is -0.689. The minimum atomic E-state index is -4.45. The summed E-state index contributed by atoms with van der Waals surface area (Å²) in [4.78, 5) is 23.7. The van der Waals surface area contributed by atoms with Crippen molar-refractivity contribution in [2.75, 3.05) is 13.1 Å². The molecule has 7 heteroatoms. The highest BCUT2D eigenvalue weighted by atomic mass is 19.4. The Bertz CT molecular complexity index is 498. The Morgan fingerprint density at radius 1 is 1.11 bits per heavy atom. The first-order valence-electron chi connectivity index (χ1n) is 5.56. The topological polar surface area (TPSA) is 49.4 Å². The number of amides is 2. The van der Waals surface area contributed by atoms with Crippen LogP contribution < -0.4 is 5.32 Å². The normalized spacial score (nSPS) is 17.4. The maximum absolute atomic E-state index is 12.8. The molecule has 0 saturated carbocycles. The van der Waals surface area contributed by atoms with Gasteiger partial charge in [0.05, 0.1) is 18.7 Å². The number of hydrogen-bond acceptors (Lipinski definition) is 3. The maximum atomic E-state index is 12.8. The Hall–Kier alpha value is -1.89. The smallest absolute Gasteiger partial charge is 0.294 e. The van der Waals surface area contributed by atoms with Crippen LogP contribution in [0.4, 0.5) is 13.2 Å². The lowest BCUT2D eigenvalue weighted by Crippen LogP contribution is -2.51. The molecule has 2 amide bonds. The molecule has 102 valence electrons. The van der Waals surface area contributed by atoms with Crippen molar-refractivity contribution in [3.8, 4) is 0 Å². The fourth-order valence-electron chi connectivity index (χ4n) is 1.98. The van der Waals surface area contributed by atoms with Gasteiger partial charge in [0.2, 0.25) is 11.8 Å². The number of nitrogens with one attached hydrogen (secondary N) is 1. The average molecular weight is 272 g/mol. The predicted octanol–water partition coefficient (Wildman–Crippen LogP) is 1.16. The molecule has 0 spiro atoms. The Morgan fingerprint density at radius 3 is 2.26 bits per heavy atom. The SMILES string of the molecule is O=C1CN(Cc2ccccc2C(F)(F)F)CC(=O)N1. The molecular formula is C12H11F3N2O2. The van der Waals surface area contributed by atoms with Crippen LogP contribution >= 0.6 is 0 Å². The van der Waals surface area contributed by atoms with Crippen LogP contribution in [-0.4, -0.2) is 29.8 Å². The molecule has 2 rings (SSSR count). The van der Waals surface area contributed by atoms with E-state index in [1.165, 1.54) is 23.1 Å². The highest BCUT2D eigenvalue weighted by Gasteiger charge is 2.34. The predicted molar refractivity (Wildman–Crippen MR) is 59.9 cm³/mol. The quantitative estimate of drug-likeness (QED) is 0.822. The van der Waals surface area contributed by atoms with Gasteiger partial charge >= 0.3 is 6.18 Å². The molecule has 0 atom stereocenters. The molecule has 0 bridgehead atoms. The van der Waals surface area contributed by atoms with Crippen molar-refractivity contribution in [2.24, 2.45) is 0 Å². The van der Waals surface area contributed by atoms with Gasteiger partial charge in [-0.3, -0.25) is 19.8 Å². The summed E-state index contributed by atoms with van der Waals surface area (Å²) in [5.74, 6) is -0.999. The van der Waals surface area contributed by atoms with E-state index >= 15 is 0 Å². The third kappa shape index (κ3) is 3.31. The van der Waals surface area contributed by atoms with E-state index in [0.717, 1.165) is 6.07 Å². The molecule has 1 aliphatic rings. The van der Waals surface area contributed by atoms with Gasteiger partial charge in [0.1, 0.15) is 0 Å². The van der Waals surface area contributed by atoms with Crippen molar-refractivity contribution in [3.63, 3.8) is 0 Å². The minimum absolute atomic E-state index is 0.0532. The first-order chi connectivity index (χ1) is 8.86. The van der Waals surface area contributed by atoms with Gasteiger partial charge in [0, 0.05) is 6.54 Å². The van der Waals surface area contributed by atoms with Crippen LogP contribution in [0.5, 0.6) is 0 Å². The first kappa shape index (κ1) is 13.5. The van der Waals surface area contributed by atoms with E-state index in [-0.39, 0.29) is 25.2 Å². The number of nitrogens with zero attached hydrogens (tertiary/aromatic N) is 1. The lowest BCUT2D eigenvalue weighted by atomic mass is 10.1. The van der Waals surface area contributed by atoms with Crippen molar-refractivity contribution in [3.05, 3.63) is 35.4 Å². The van der Waals surface area contributed by atoms with Crippen molar-refractivity contribution < 1.29 is 22.8 Å². The molecule has 1 fully saturated rings. The Kier molecular flexibility index (Phi) is 3.57. The van der Waals surface area contributed by atoms with Gasteiger partial charge in [-0.05, 0) is 11.6 Å². The molecule has 0 unspecified atom stereocenters. The summed E-state index contributed by atoms with van der Waals surface area (Å²) in [5, 5.41) is 2.10. The molecule has 1 aromatic rings. The number of benzene rings is 1. The third-order valence-corrected chi connectivity index (χ3v) is 2.73. The molecule has 1 aliphatic heterocycles. The van der Waals surface area contributed by atoms with Gasteiger partial charge in [-0.2, -0.15) is 13.2 Å². The van der Waals surface area contributed by atoms with Crippen LogP contribution in [0.2, 0.25) is 0 Å². The van der Waals surface area contributed by atoms with Crippen LogP contribution in [0.25, 0.3) is 0 Å². The van der Waals surface area contributed by atoms with Crippen LogP contribution in [0.15, 0.2) is 24.3 Å².